The summed E-state index contributed by atoms with van der Waals surface area (Å²) >= 11 is 0. The second-order valence-corrected chi connectivity index (χ2v) is 4.84. The van der Waals surface area contributed by atoms with Crippen LogP contribution < -0.4 is 5.32 Å². The van der Waals surface area contributed by atoms with E-state index in [2.05, 4.69) is 65.0 Å². The largest absolute Gasteiger partial charge is 0.362 e. The van der Waals surface area contributed by atoms with Crippen molar-refractivity contribution >= 4 is 18.5 Å². The van der Waals surface area contributed by atoms with Crippen molar-refractivity contribution in [2.75, 3.05) is 6.54 Å². The predicted octanol–water partition coefficient (Wildman–Crippen LogP) is 3.38. The summed E-state index contributed by atoms with van der Waals surface area (Å²) in [6.07, 6.45) is 13.0. The standard InChI is InChI=1S/C16H14N2.ClH/c1-2-6-14-12(4-1)7-9-18-11-13-5-3-8-17-15(13)10-16(14)18;/h1-10,16-17H,11H2;1H. The number of hydrogen-bond donors (Lipinski definition) is 1. The summed E-state index contributed by atoms with van der Waals surface area (Å²) in [5, 5.41) is 3.35. The van der Waals surface area contributed by atoms with E-state index in [-0.39, 0.29) is 12.4 Å². The number of rotatable bonds is 0. The van der Waals surface area contributed by atoms with Crippen LogP contribution in [0.5, 0.6) is 0 Å². The van der Waals surface area contributed by atoms with E-state index >= 15 is 0 Å². The molecule has 1 unspecified atom stereocenters. The Morgan fingerprint density at radius 1 is 1.21 bits per heavy atom. The first-order chi connectivity index (χ1) is 8.92. The molecule has 1 aromatic rings. The Hall–Kier alpha value is -1.93. The third-order valence-corrected chi connectivity index (χ3v) is 3.77. The Labute approximate surface area is 119 Å². The van der Waals surface area contributed by atoms with Crippen molar-refractivity contribution in [2.24, 2.45) is 0 Å². The summed E-state index contributed by atoms with van der Waals surface area (Å²) in [5.41, 5.74) is 5.33. The van der Waals surface area contributed by atoms with Gasteiger partial charge in [-0.2, -0.15) is 0 Å². The van der Waals surface area contributed by atoms with Crippen molar-refractivity contribution in [3.63, 3.8) is 0 Å². The highest BCUT2D eigenvalue weighted by Gasteiger charge is 2.27. The van der Waals surface area contributed by atoms with Gasteiger partial charge in [-0.15, -0.1) is 12.4 Å². The van der Waals surface area contributed by atoms with Crippen molar-refractivity contribution < 1.29 is 0 Å². The molecule has 1 N–H and O–H groups in total. The molecule has 0 amide bonds. The molecule has 3 aliphatic heterocycles. The molecule has 0 bridgehead atoms. The fraction of sp³-hybridized carbons (Fsp3) is 0.125. The maximum atomic E-state index is 3.35. The summed E-state index contributed by atoms with van der Waals surface area (Å²) in [6, 6.07) is 8.98. The maximum Gasteiger partial charge on any atom is 0.0753 e. The van der Waals surface area contributed by atoms with Crippen molar-refractivity contribution in [2.45, 2.75) is 6.04 Å². The molecular formula is C16H15ClN2. The van der Waals surface area contributed by atoms with Gasteiger partial charge in [-0.05, 0) is 34.9 Å². The molecule has 0 aromatic heterocycles. The number of hydrogen-bond acceptors (Lipinski definition) is 2. The minimum absolute atomic E-state index is 0. The molecule has 0 saturated carbocycles. The summed E-state index contributed by atoms with van der Waals surface area (Å²) in [7, 11) is 0. The molecule has 96 valence electrons. The van der Waals surface area contributed by atoms with E-state index in [1.54, 1.807) is 0 Å². The van der Waals surface area contributed by atoms with E-state index < -0.39 is 0 Å². The van der Waals surface area contributed by atoms with Crippen LogP contribution in [0.25, 0.3) is 6.08 Å². The average Bonchev–Trinajstić information content (AvgIpc) is 2.45. The summed E-state index contributed by atoms with van der Waals surface area (Å²) in [6.45, 7) is 0.971. The zero-order chi connectivity index (χ0) is 11.9. The Balaban J connectivity index is 0.00000110. The second kappa shape index (κ2) is 4.63. The molecule has 0 radical (unpaired) electrons. The van der Waals surface area contributed by atoms with E-state index in [1.807, 2.05) is 6.20 Å². The van der Waals surface area contributed by atoms with Crippen molar-refractivity contribution in [3.05, 3.63) is 77.3 Å². The van der Waals surface area contributed by atoms with E-state index in [0.29, 0.717) is 6.04 Å². The lowest BCUT2D eigenvalue weighted by molar-refractivity contribution is 0.335. The monoisotopic (exact) mass is 270 g/mol. The molecule has 0 fully saturated rings. The van der Waals surface area contributed by atoms with Crippen LogP contribution >= 0.6 is 12.4 Å². The number of allylic oxidation sites excluding steroid dienone is 2. The molecule has 3 aliphatic rings. The fourth-order valence-corrected chi connectivity index (χ4v) is 2.85. The van der Waals surface area contributed by atoms with E-state index in [0.717, 1.165) is 6.54 Å². The maximum absolute atomic E-state index is 3.35. The lowest BCUT2D eigenvalue weighted by Gasteiger charge is -2.38. The van der Waals surface area contributed by atoms with Gasteiger partial charge in [-0.3, -0.25) is 0 Å². The van der Waals surface area contributed by atoms with Crippen molar-refractivity contribution in [1.82, 2.24) is 10.2 Å². The minimum atomic E-state index is 0. The van der Waals surface area contributed by atoms with Crippen molar-refractivity contribution in [3.8, 4) is 0 Å². The van der Waals surface area contributed by atoms with Crippen LogP contribution in [-0.4, -0.2) is 11.4 Å². The lowest BCUT2D eigenvalue weighted by atomic mass is 9.90. The van der Waals surface area contributed by atoms with Gasteiger partial charge in [-0.25, -0.2) is 0 Å². The molecule has 0 spiro atoms. The van der Waals surface area contributed by atoms with Gasteiger partial charge >= 0.3 is 0 Å². The quantitative estimate of drug-likeness (QED) is 0.778. The van der Waals surface area contributed by atoms with Crippen LogP contribution in [0.15, 0.2) is 66.2 Å². The van der Waals surface area contributed by atoms with Gasteiger partial charge in [0, 0.05) is 24.6 Å². The zero-order valence-electron chi connectivity index (χ0n) is 10.4. The van der Waals surface area contributed by atoms with Crippen LogP contribution in [0, 0.1) is 0 Å². The number of dihydropyridines is 1. The Bertz CT molecular complexity index is 625. The molecule has 0 aliphatic carbocycles. The second-order valence-electron chi connectivity index (χ2n) is 4.84. The molecule has 3 heteroatoms. The lowest BCUT2D eigenvalue weighted by Crippen LogP contribution is -2.34. The highest BCUT2D eigenvalue weighted by Crippen LogP contribution is 2.36. The molecule has 0 saturated heterocycles. The predicted molar refractivity (Wildman–Crippen MR) is 80.6 cm³/mol. The smallest absolute Gasteiger partial charge is 0.0753 e. The number of benzene rings is 1. The number of halogens is 1. The summed E-state index contributed by atoms with van der Waals surface area (Å²) in [4.78, 5) is 2.39. The van der Waals surface area contributed by atoms with Gasteiger partial charge < -0.3 is 10.2 Å². The molecule has 3 heterocycles. The Morgan fingerprint density at radius 2 is 2.11 bits per heavy atom. The minimum Gasteiger partial charge on any atom is -0.362 e. The Morgan fingerprint density at radius 3 is 3.05 bits per heavy atom. The van der Waals surface area contributed by atoms with Gasteiger partial charge in [0.15, 0.2) is 0 Å². The van der Waals surface area contributed by atoms with Gasteiger partial charge in [0.25, 0.3) is 0 Å². The van der Waals surface area contributed by atoms with E-state index in [9.17, 15) is 0 Å². The van der Waals surface area contributed by atoms with Gasteiger partial charge in [0.2, 0.25) is 0 Å². The highest BCUT2D eigenvalue weighted by molar-refractivity contribution is 5.85. The van der Waals surface area contributed by atoms with E-state index in [1.165, 1.54) is 22.4 Å². The topological polar surface area (TPSA) is 15.3 Å². The number of fused-ring (bicyclic) bond motifs is 4. The molecular weight excluding hydrogens is 256 g/mol. The third-order valence-electron chi connectivity index (χ3n) is 3.77. The van der Waals surface area contributed by atoms with Gasteiger partial charge in [0.05, 0.1) is 6.04 Å². The molecule has 4 rings (SSSR count). The SMILES string of the molecule is C1=CNC2=CC3c4ccccc4C=CN3CC2=C1.Cl. The first-order valence-corrected chi connectivity index (χ1v) is 6.29. The first kappa shape index (κ1) is 12.1. The highest BCUT2D eigenvalue weighted by atomic mass is 35.5. The van der Waals surface area contributed by atoms with Crippen LogP contribution in [0.3, 0.4) is 0 Å². The normalized spacial score (nSPS) is 22.1. The molecule has 1 atom stereocenters. The van der Waals surface area contributed by atoms with Crippen LogP contribution in [0.4, 0.5) is 0 Å². The average molecular weight is 271 g/mol. The number of nitrogens with one attached hydrogen (secondary N) is 1. The fourth-order valence-electron chi connectivity index (χ4n) is 2.85. The van der Waals surface area contributed by atoms with Crippen LogP contribution in [0.1, 0.15) is 17.2 Å². The first-order valence-electron chi connectivity index (χ1n) is 6.29. The summed E-state index contributed by atoms with van der Waals surface area (Å²) < 4.78 is 0. The van der Waals surface area contributed by atoms with Gasteiger partial charge in [0.1, 0.15) is 0 Å². The van der Waals surface area contributed by atoms with Crippen LogP contribution in [-0.2, 0) is 0 Å². The van der Waals surface area contributed by atoms with Crippen molar-refractivity contribution in [1.29, 1.82) is 0 Å². The Kier molecular flexibility index (Phi) is 2.96. The van der Waals surface area contributed by atoms with Gasteiger partial charge in [-0.1, -0.05) is 30.3 Å². The molecule has 1 aromatic carbocycles. The summed E-state index contributed by atoms with van der Waals surface area (Å²) in [5.74, 6) is 0. The molecule has 19 heavy (non-hydrogen) atoms. The van der Waals surface area contributed by atoms with E-state index in [4.69, 9.17) is 0 Å². The zero-order valence-corrected chi connectivity index (χ0v) is 11.2. The third kappa shape index (κ3) is 1.89. The number of nitrogens with zero attached hydrogens (tertiary/aromatic N) is 1. The molecule has 2 nitrogen and oxygen atoms in total. The van der Waals surface area contributed by atoms with Crippen LogP contribution in [0.2, 0.25) is 0 Å².